The van der Waals surface area contributed by atoms with Gasteiger partial charge < -0.3 is 9.09 Å². The van der Waals surface area contributed by atoms with Gasteiger partial charge in [0.1, 0.15) is 5.69 Å². The molecule has 4 rings (SSSR count). The van der Waals surface area contributed by atoms with Gasteiger partial charge in [0.15, 0.2) is 0 Å². The molecule has 0 atom stereocenters. The Morgan fingerprint density at radius 2 is 1.67 bits per heavy atom. The molecule has 2 aromatic carbocycles. The lowest BCUT2D eigenvalue weighted by atomic mass is 10.0. The second kappa shape index (κ2) is 6.59. The van der Waals surface area contributed by atoms with E-state index in [0.29, 0.717) is 10.6 Å². The van der Waals surface area contributed by atoms with Gasteiger partial charge >= 0.3 is 6.18 Å². The van der Waals surface area contributed by atoms with Gasteiger partial charge in [0.05, 0.1) is 17.6 Å². The third kappa shape index (κ3) is 3.33. The molecule has 0 aliphatic carbocycles. The van der Waals surface area contributed by atoms with Crippen molar-refractivity contribution < 1.29 is 17.7 Å². The first-order chi connectivity index (χ1) is 12.9. The first kappa shape index (κ1) is 17.4. The average Bonchev–Trinajstić information content (AvgIpc) is 3.30. The molecule has 0 saturated heterocycles. The number of hydrogen-bond acceptors (Lipinski definition) is 3. The fraction of sp³-hybridized carbons (Fsp3) is 0.0526. The van der Waals surface area contributed by atoms with Crippen LogP contribution in [0.1, 0.15) is 5.76 Å². The third-order valence-electron chi connectivity index (χ3n) is 3.96. The van der Waals surface area contributed by atoms with Crippen molar-refractivity contribution in [3.05, 3.63) is 77.9 Å². The van der Waals surface area contributed by atoms with Gasteiger partial charge in [0, 0.05) is 22.5 Å². The molecule has 4 nitrogen and oxygen atoms in total. The molecule has 0 fully saturated rings. The molecule has 0 unspecified atom stereocenters. The molecule has 2 aromatic heterocycles. The third-order valence-corrected chi connectivity index (χ3v) is 4.21. The maximum absolute atomic E-state index is 13.5. The molecule has 8 heteroatoms. The van der Waals surface area contributed by atoms with E-state index in [1.807, 2.05) is 30.3 Å². The lowest BCUT2D eigenvalue weighted by molar-refractivity contribution is -0.154. The molecule has 0 spiro atoms. The van der Waals surface area contributed by atoms with Crippen molar-refractivity contribution in [2.24, 2.45) is 0 Å². The second-order valence-electron chi connectivity index (χ2n) is 5.74. The topological polar surface area (TPSA) is 43.9 Å². The Bertz CT molecular complexity index is 1070. The number of imidazole rings is 1. The molecular formula is C19H11ClF3N3O. The van der Waals surface area contributed by atoms with Crippen LogP contribution in [-0.2, 0) is 6.18 Å². The molecule has 0 amide bonds. The highest BCUT2D eigenvalue weighted by Crippen LogP contribution is 2.42. The predicted octanol–water partition coefficient (Wildman–Crippen LogP) is 5.87. The SMILES string of the molecule is FC(F)(F)c1onc(-c2ccc(Cl)cc2)c1-c1cn(-c2ccccc2)cn1. The van der Waals surface area contributed by atoms with E-state index in [0.717, 1.165) is 5.69 Å². The van der Waals surface area contributed by atoms with E-state index in [2.05, 4.69) is 14.7 Å². The minimum Gasteiger partial charge on any atom is -0.350 e. The summed E-state index contributed by atoms with van der Waals surface area (Å²) in [5, 5.41) is 4.12. The second-order valence-corrected chi connectivity index (χ2v) is 6.18. The number of rotatable bonds is 3. The Balaban J connectivity index is 1.87. The first-order valence-corrected chi connectivity index (χ1v) is 8.24. The zero-order chi connectivity index (χ0) is 19.0. The van der Waals surface area contributed by atoms with Gasteiger partial charge in [-0.05, 0) is 24.3 Å². The van der Waals surface area contributed by atoms with Gasteiger partial charge in [-0.2, -0.15) is 13.2 Å². The van der Waals surface area contributed by atoms with E-state index < -0.39 is 11.9 Å². The van der Waals surface area contributed by atoms with Gasteiger partial charge in [-0.3, -0.25) is 0 Å². The summed E-state index contributed by atoms with van der Waals surface area (Å²) in [4.78, 5) is 4.15. The summed E-state index contributed by atoms with van der Waals surface area (Å²) < 4.78 is 46.7. The van der Waals surface area contributed by atoms with Crippen molar-refractivity contribution in [3.8, 4) is 28.2 Å². The van der Waals surface area contributed by atoms with Crippen LogP contribution in [0.3, 0.4) is 0 Å². The molecular weight excluding hydrogens is 379 g/mol. The van der Waals surface area contributed by atoms with Crippen LogP contribution in [0.15, 0.2) is 71.6 Å². The number of aromatic nitrogens is 3. The summed E-state index contributed by atoms with van der Waals surface area (Å²) in [6.45, 7) is 0. The highest BCUT2D eigenvalue weighted by Gasteiger charge is 2.41. The molecule has 4 aromatic rings. The minimum absolute atomic E-state index is 0.0531. The average molecular weight is 390 g/mol. The molecule has 0 N–H and O–H groups in total. The fourth-order valence-electron chi connectivity index (χ4n) is 2.72. The van der Waals surface area contributed by atoms with Crippen molar-refractivity contribution in [2.45, 2.75) is 6.18 Å². The Morgan fingerprint density at radius 1 is 0.963 bits per heavy atom. The Labute approximate surface area is 156 Å². The lowest BCUT2D eigenvalue weighted by Crippen LogP contribution is -2.05. The molecule has 27 heavy (non-hydrogen) atoms. The van der Waals surface area contributed by atoms with E-state index >= 15 is 0 Å². The van der Waals surface area contributed by atoms with Crippen molar-refractivity contribution in [3.63, 3.8) is 0 Å². The Hall–Kier alpha value is -3.06. The standard InChI is InChI=1S/C19H11ClF3N3O/c20-13-8-6-12(7-9-13)17-16(18(27-25-17)19(21,22)23)15-10-26(11-24-15)14-4-2-1-3-5-14/h1-11H. The quantitative estimate of drug-likeness (QED) is 0.440. The zero-order valence-corrected chi connectivity index (χ0v) is 14.4. The molecule has 0 bridgehead atoms. The molecule has 0 aliphatic heterocycles. The first-order valence-electron chi connectivity index (χ1n) is 7.86. The summed E-state index contributed by atoms with van der Waals surface area (Å²) in [6, 6.07) is 15.5. The van der Waals surface area contributed by atoms with Crippen molar-refractivity contribution >= 4 is 11.6 Å². The molecule has 0 aliphatic rings. The number of halogens is 4. The minimum atomic E-state index is -4.70. The largest absolute Gasteiger partial charge is 0.453 e. The maximum atomic E-state index is 13.5. The highest BCUT2D eigenvalue weighted by atomic mass is 35.5. The van der Waals surface area contributed by atoms with Crippen LogP contribution in [0.5, 0.6) is 0 Å². The number of benzene rings is 2. The van der Waals surface area contributed by atoms with Gasteiger partial charge in [0.2, 0.25) is 5.76 Å². The summed E-state index contributed by atoms with van der Waals surface area (Å²) in [7, 11) is 0. The maximum Gasteiger partial charge on any atom is 0.453 e. The van der Waals surface area contributed by atoms with Crippen LogP contribution in [0.2, 0.25) is 5.02 Å². The number of alkyl halides is 3. The summed E-state index contributed by atoms with van der Waals surface area (Å²) in [5.41, 5.74) is 1.17. The zero-order valence-electron chi connectivity index (χ0n) is 13.6. The van der Waals surface area contributed by atoms with E-state index in [-0.39, 0.29) is 17.0 Å². The summed E-state index contributed by atoms with van der Waals surface area (Å²) in [5.74, 6) is -1.19. The number of nitrogens with zero attached hydrogens (tertiary/aromatic N) is 3. The molecule has 2 heterocycles. The van der Waals surface area contributed by atoms with E-state index in [4.69, 9.17) is 11.6 Å². The van der Waals surface area contributed by atoms with Gasteiger partial charge in [0.25, 0.3) is 0 Å². The molecule has 136 valence electrons. The van der Waals surface area contributed by atoms with E-state index in [9.17, 15) is 13.2 Å². The van der Waals surface area contributed by atoms with E-state index in [1.165, 1.54) is 12.5 Å². The van der Waals surface area contributed by atoms with Crippen LogP contribution in [0.25, 0.3) is 28.2 Å². The number of hydrogen-bond donors (Lipinski definition) is 0. The summed E-state index contributed by atoms with van der Waals surface area (Å²) in [6.07, 6.45) is -1.75. The fourth-order valence-corrected chi connectivity index (χ4v) is 2.85. The van der Waals surface area contributed by atoms with Crippen molar-refractivity contribution in [2.75, 3.05) is 0 Å². The van der Waals surface area contributed by atoms with Gasteiger partial charge in [-0.15, -0.1) is 0 Å². The molecule has 0 saturated carbocycles. The predicted molar refractivity (Wildman–Crippen MR) is 94.5 cm³/mol. The van der Waals surface area contributed by atoms with Gasteiger partial charge in [-0.25, -0.2) is 4.98 Å². The van der Waals surface area contributed by atoms with Crippen LogP contribution in [0.4, 0.5) is 13.2 Å². The van der Waals surface area contributed by atoms with Crippen LogP contribution >= 0.6 is 11.6 Å². The highest BCUT2D eigenvalue weighted by molar-refractivity contribution is 6.30. The lowest BCUT2D eigenvalue weighted by Gasteiger charge is -2.05. The van der Waals surface area contributed by atoms with Gasteiger partial charge in [-0.1, -0.05) is 47.1 Å². The van der Waals surface area contributed by atoms with E-state index in [1.54, 1.807) is 28.8 Å². The number of para-hydroxylation sites is 1. The smallest absolute Gasteiger partial charge is 0.350 e. The molecule has 0 radical (unpaired) electrons. The Kier molecular flexibility index (Phi) is 4.24. The summed E-state index contributed by atoms with van der Waals surface area (Å²) >= 11 is 5.87. The Morgan fingerprint density at radius 3 is 2.33 bits per heavy atom. The van der Waals surface area contributed by atoms with Crippen molar-refractivity contribution in [1.29, 1.82) is 0 Å². The van der Waals surface area contributed by atoms with Crippen molar-refractivity contribution in [1.82, 2.24) is 14.7 Å². The monoisotopic (exact) mass is 389 g/mol. The van der Waals surface area contributed by atoms with Crippen LogP contribution in [-0.4, -0.2) is 14.7 Å². The van der Waals surface area contributed by atoms with Crippen LogP contribution < -0.4 is 0 Å². The van der Waals surface area contributed by atoms with Crippen LogP contribution in [0, 0.1) is 0 Å². The normalized spacial score (nSPS) is 11.7.